The number of rotatable bonds is 4. The topological polar surface area (TPSA) is 97.9 Å². The maximum absolute atomic E-state index is 12.3. The van der Waals surface area contributed by atoms with E-state index in [0.717, 1.165) is 30.3 Å². The van der Waals surface area contributed by atoms with Crippen molar-refractivity contribution in [1.29, 1.82) is 0 Å². The van der Waals surface area contributed by atoms with E-state index in [1.165, 1.54) is 6.33 Å². The Morgan fingerprint density at radius 2 is 2.25 bits per heavy atom. The highest BCUT2D eigenvalue weighted by atomic mass is 16.5. The van der Waals surface area contributed by atoms with E-state index in [-0.39, 0.29) is 11.7 Å². The van der Waals surface area contributed by atoms with E-state index in [1.807, 2.05) is 25.1 Å². The smallest absolute Gasteiger partial charge is 0.294 e. The molecule has 0 spiro atoms. The van der Waals surface area contributed by atoms with Gasteiger partial charge in [0, 0.05) is 30.8 Å². The Kier molecular flexibility index (Phi) is 3.58. The van der Waals surface area contributed by atoms with E-state index < -0.39 is 0 Å². The van der Waals surface area contributed by atoms with Crippen LogP contribution in [0.15, 0.2) is 41.2 Å². The van der Waals surface area contributed by atoms with E-state index in [4.69, 9.17) is 4.52 Å². The number of anilines is 1. The lowest BCUT2D eigenvalue weighted by molar-refractivity contribution is 0.0987. The third-order valence-electron chi connectivity index (χ3n) is 4.02. The molecule has 0 unspecified atom stereocenters. The summed E-state index contributed by atoms with van der Waals surface area (Å²) in [6.07, 6.45) is 1.49. The van der Waals surface area contributed by atoms with E-state index >= 15 is 0 Å². The Bertz CT molecular complexity index is 880. The van der Waals surface area contributed by atoms with Crippen molar-refractivity contribution in [3.05, 3.63) is 53.9 Å². The molecular weight excluding hydrogens is 308 g/mol. The maximum atomic E-state index is 12.3. The molecule has 3 aromatic rings. The molecule has 2 aromatic heterocycles. The van der Waals surface area contributed by atoms with Gasteiger partial charge in [0.25, 0.3) is 5.91 Å². The molecule has 1 aliphatic heterocycles. The number of benzene rings is 1. The van der Waals surface area contributed by atoms with Crippen LogP contribution in [0.2, 0.25) is 0 Å². The van der Waals surface area contributed by atoms with Gasteiger partial charge in [-0.25, -0.2) is 9.67 Å². The first-order chi connectivity index (χ1) is 11.7. The lowest BCUT2D eigenvalue weighted by atomic mass is 9.99. The third kappa shape index (κ3) is 2.67. The average Bonchev–Trinajstić information content (AvgIpc) is 3.15. The van der Waals surface area contributed by atoms with Crippen LogP contribution in [-0.4, -0.2) is 38.9 Å². The monoisotopic (exact) mass is 324 g/mol. The van der Waals surface area contributed by atoms with Crippen molar-refractivity contribution < 1.29 is 9.32 Å². The second-order valence-electron chi connectivity index (χ2n) is 5.69. The van der Waals surface area contributed by atoms with Crippen molar-refractivity contribution >= 4 is 11.6 Å². The molecule has 0 bridgehead atoms. The zero-order valence-electron chi connectivity index (χ0n) is 13.1. The minimum atomic E-state index is -0.325. The molecule has 0 radical (unpaired) electrons. The Morgan fingerprint density at radius 1 is 1.38 bits per heavy atom. The Morgan fingerprint density at radius 3 is 2.96 bits per heavy atom. The van der Waals surface area contributed by atoms with Crippen LogP contribution in [0.4, 0.5) is 5.69 Å². The molecule has 2 N–H and O–H groups in total. The van der Waals surface area contributed by atoms with Crippen molar-refractivity contribution in [2.24, 2.45) is 0 Å². The summed E-state index contributed by atoms with van der Waals surface area (Å²) in [4.78, 5) is 16.4. The molecule has 122 valence electrons. The van der Waals surface area contributed by atoms with Crippen LogP contribution in [0.1, 0.15) is 28.0 Å². The quantitative estimate of drug-likeness (QED) is 0.755. The van der Waals surface area contributed by atoms with Crippen LogP contribution in [0.25, 0.3) is 5.69 Å². The molecule has 1 saturated heterocycles. The molecule has 1 aliphatic rings. The summed E-state index contributed by atoms with van der Waals surface area (Å²) in [5, 5.41) is 14.1. The Balaban J connectivity index is 1.51. The number of nitrogens with one attached hydrogen (secondary N) is 2. The van der Waals surface area contributed by atoms with Gasteiger partial charge in [-0.1, -0.05) is 11.2 Å². The summed E-state index contributed by atoms with van der Waals surface area (Å²) in [7, 11) is 0. The van der Waals surface area contributed by atoms with Crippen LogP contribution < -0.4 is 10.6 Å². The van der Waals surface area contributed by atoms with Crippen molar-refractivity contribution in [3.63, 3.8) is 0 Å². The van der Waals surface area contributed by atoms with Gasteiger partial charge in [0.05, 0.1) is 11.4 Å². The van der Waals surface area contributed by atoms with E-state index in [1.54, 1.807) is 16.8 Å². The fourth-order valence-corrected chi connectivity index (χ4v) is 2.55. The lowest BCUT2D eigenvalue weighted by Crippen LogP contribution is -2.40. The molecule has 0 saturated carbocycles. The second kappa shape index (κ2) is 5.89. The van der Waals surface area contributed by atoms with Crippen molar-refractivity contribution in [2.45, 2.75) is 12.8 Å². The Labute approximate surface area is 137 Å². The summed E-state index contributed by atoms with van der Waals surface area (Å²) in [5.74, 6) is 0.981. The second-order valence-corrected chi connectivity index (χ2v) is 5.69. The van der Waals surface area contributed by atoms with Crippen molar-refractivity contribution in [2.75, 3.05) is 18.4 Å². The molecule has 8 nitrogen and oxygen atoms in total. The standard InChI is InChI=1S/C16H16N6O2/c1-10-18-9-19-22(10)13-4-2-3-12(5-13)20-16(23)15-6-14(21-24-15)11-7-17-8-11/h2-6,9,11,17H,7-8H2,1H3,(H,20,23). The van der Waals surface area contributed by atoms with Gasteiger partial charge in [0.2, 0.25) is 5.76 Å². The molecule has 1 fully saturated rings. The first-order valence-electron chi connectivity index (χ1n) is 7.66. The first kappa shape index (κ1) is 14.6. The number of aryl methyl sites for hydroxylation is 1. The normalized spacial score (nSPS) is 14.4. The van der Waals surface area contributed by atoms with Gasteiger partial charge in [-0.15, -0.1) is 0 Å². The SMILES string of the molecule is Cc1ncnn1-c1cccc(NC(=O)c2cc(C3CNC3)no2)c1. The number of amides is 1. The van der Waals surface area contributed by atoms with E-state index in [9.17, 15) is 4.79 Å². The van der Waals surface area contributed by atoms with E-state index in [0.29, 0.717) is 11.6 Å². The zero-order chi connectivity index (χ0) is 16.5. The third-order valence-corrected chi connectivity index (χ3v) is 4.02. The number of carbonyl (C=O) groups excluding carboxylic acids is 1. The molecule has 8 heteroatoms. The predicted octanol–water partition coefficient (Wildman–Crippen LogP) is 1.50. The first-order valence-corrected chi connectivity index (χ1v) is 7.66. The highest BCUT2D eigenvalue weighted by Crippen LogP contribution is 2.20. The van der Waals surface area contributed by atoms with Crippen molar-refractivity contribution in [3.8, 4) is 5.69 Å². The number of carbonyl (C=O) groups is 1. The maximum Gasteiger partial charge on any atom is 0.294 e. The number of hydrogen-bond donors (Lipinski definition) is 2. The minimum Gasteiger partial charge on any atom is -0.351 e. The number of nitrogens with zero attached hydrogens (tertiary/aromatic N) is 4. The largest absolute Gasteiger partial charge is 0.351 e. The van der Waals surface area contributed by atoms with E-state index in [2.05, 4.69) is 25.9 Å². The average molecular weight is 324 g/mol. The van der Waals surface area contributed by atoms with Crippen molar-refractivity contribution in [1.82, 2.24) is 25.2 Å². The summed E-state index contributed by atoms with van der Waals surface area (Å²) in [6.45, 7) is 3.60. The highest BCUT2D eigenvalue weighted by molar-refractivity contribution is 6.02. The van der Waals surface area contributed by atoms with Gasteiger partial charge in [-0.3, -0.25) is 4.79 Å². The molecule has 1 amide bonds. The van der Waals surface area contributed by atoms with Crippen LogP contribution in [-0.2, 0) is 0 Å². The molecule has 1 aromatic carbocycles. The molecule has 3 heterocycles. The summed E-state index contributed by atoms with van der Waals surface area (Å²) in [5.41, 5.74) is 2.28. The molecule has 0 aliphatic carbocycles. The van der Waals surface area contributed by atoms with Gasteiger partial charge in [0.1, 0.15) is 12.2 Å². The summed E-state index contributed by atoms with van der Waals surface area (Å²) >= 11 is 0. The van der Waals surface area contributed by atoms with Crippen LogP contribution >= 0.6 is 0 Å². The van der Waals surface area contributed by atoms with Gasteiger partial charge >= 0.3 is 0 Å². The molecule has 24 heavy (non-hydrogen) atoms. The molecule has 0 atom stereocenters. The lowest BCUT2D eigenvalue weighted by Gasteiger charge is -2.24. The highest BCUT2D eigenvalue weighted by Gasteiger charge is 2.24. The van der Waals surface area contributed by atoms with Gasteiger partial charge in [-0.2, -0.15) is 5.10 Å². The minimum absolute atomic E-state index is 0.208. The van der Waals surface area contributed by atoms with Crippen LogP contribution in [0.3, 0.4) is 0 Å². The van der Waals surface area contributed by atoms with Gasteiger partial charge in [-0.05, 0) is 25.1 Å². The van der Waals surface area contributed by atoms with Crippen LogP contribution in [0.5, 0.6) is 0 Å². The van der Waals surface area contributed by atoms with Gasteiger partial charge < -0.3 is 15.2 Å². The molecular formula is C16H16N6O2. The summed E-state index contributed by atoms with van der Waals surface area (Å²) < 4.78 is 6.86. The number of aromatic nitrogens is 4. The fourth-order valence-electron chi connectivity index (χ4n) is 2.55. The summed E-state index contributed by atoms with van der Waals surface area (Å²) in [6, 6.07) is 9.07. The molecule has 4 rings (SSSR count). The zero-order valence-corrected chi connectivity index (χ0v) is 13.1. The fraction of sp³-hybridized carbons (Fsp3) is 0.250. The van der Waals surface area contributed by atoms with Gasteiger partial charge in [0.15, 0.2) is 0 Å². The van der Waals surface area contributed by atoms with Crippen LogP contribution in [0, 0.1) is 6.92 Å². The number of hydrogen-bond acceptors (Lipinski definition) is 6. The Hall–Kier alpha value is -3.00. The predicted molar refractivity (Wildman–Crippen MR) is 86.2 cm³/mol.